The molecule has 11 heavy (non-hydrogen) atoms. The Kier molecular flexibility index (Phi) is 1.71. The van der Waals surface area contributed by atoms with Crippen LogP contribution in [0.2, 0.25) is 0 Å². The van der Waals surface area contributed by atoms with Crippen LogP contribution in [0.4, 0.5) is 0 Å². The molecule has 0 bridgehead atoms. The highest BCUT2D eigenvalue weighted by molar-refractivity contribution is 5.80. The maximum atomic E-state index is 10.6. The molecule has 0 atom stereocenters. The van der Waals surface area contributed by atoms with E-state index in [0.29, 0.717) is 12.8 Å². The molecule has 0 saturated heterocycles. The van der Waals surface area contributed by atoms with Crippen LogP contribution in [0.1, 0.15) is 33.6 Å². The Bertz CT molecular complexity index is 174. The Morgan fingerprint density at radius 3 is 2.00 bits per heavy atom. The van der Waals surface area contributed by atoms with E-state index in [4.69, 9.17) is 9.84 Å². The van der Waals surface area contributed by atoms with E-state index in [1.54, 1.807) is 0 Å². The lowest BCUT2D eigenvalue weighted by atomic mass is 10.2. The van der Waals surface area contributed by atoms with Gasteiger partial charge in [0, 0.05) is 0 Å². The molecular formula is C8H14O3. The van der Waals surface area contributed by atoms with Gasteiger partial charge in [0.15, 0.2) is 5.60 Å². The molecule has 0 aromatic heterocycles. The summed E-state index contributed by atoms with van der Waals surface area (Å²) in [5, 5.41) is 8.74. The van der Waals surface area contributed by atoms with Gasteiger partial charge in [-0.05, 0) is 33.6 Å². The van der Waals surface area contributed by atoms with Crippen molar-refractivity contribution in [2.24, 2.45) is 0 Å². The third-order valence-electron chi connectivity index (χ3n) is 1.60. The number of rotatable bonds is 2. The van der Waals surface area contributed by atoms with Crippen LogP contribution in [0.15, 0.2) is 0 Å². The molecule has 0 amide bonds. The summed E-state index contributed by atoms with van der Waals surface area (Å²) >= 11 is 0. The van der Waals surface area contributed by atoms with Gasteiger partial charge in [0.2, 0.25) is 0 Å². The topological polar surface area (TPSA) is 46.5 Å². The summed E-state index contributed by atoms with van der Waals surface area (Å²) in [5.41, 5.74) is -1.20. The quantitative estimate of drug-likeness (QED) is 0.661. The number of hydrogen-bond acceptors (Lipinski definition) is 2. The second-order valence-corrected chi connectivity index (χ2v) is 4.01. The first-order valence-electron chi connectivity index (χ1n) is 3.79. The van der Waals surface area contributed by atoms with Gasteiger partial charge in [-0.1, -0.05) is 0 Å². The summed E-state index contributed by atoms with van der Waals surface area (Å²) in [6.45, 7) is 5.61. The van der Waals surface area contributed by atoms with Gasteiger partial charge in [0.05, 0.1) is 5.60 Å². The van der Waals surface area contributed by atoms with Crippen molar-refractivity contribution in [1.82, 2.24) is 0 Å². The fourth-order valence-electron chi connectivity index (χ4n) is 1.06. The molecule has 0 aromatic rings. The highest BCUT2D eigenvalue weighted by Gasteiger charge is 2.53. The lowest BCUT2D eigenvalue weighted by Gasteiger charge is -2.24. The lowest BCUT2D eigenvalue weighted by Crippen LogP contribution is -2.34. The van der Waals surface area contributed by atoms with Crippen molar-refractivity contribution >= 4 is 5.97 Å². The Hall–Kier alpha value is -0.570. The van der Waals surface area contributed by atoms with Crippen molar-refractivity contribution in [3.8, 4) is 0 Å². The van der Waals surface area contributed by atoms with Crippen LogP contribution in [0, 0.1) is 0 Å². The van der Waals surface area contributed by atoms with Gasteiger partial charge in [-0.3, -0.25) is 0 Å². The Labute approximate surface area is 66.4 Å². The van der Waals surface area contributed by atoms with Crippen LogP contribution in [0.5, 0.6) is 0 Å². The van der Waals surface area contributed by atoms with Crippen LogP contribution in [-0.4, -0.2) is 22.3 Å². The molecule has 0 radical (unpaired) electrons. The molecule has 3 nitrogen and oxygen atoms in total. The van der Waals surface area contributed by atoms with Crippen LogP contribution in [-0.2, 0) is 9.53 Å². The number of carboxylic acids is 1. The Morgan fingerprint density at radius 1 is 1.45 bits per heavy atom. The Balaban J connectivity index is 2.55. The van der Waals surface area contributed by atoms with Crippen molar-refractivity contribution in [2.75, 3.05) is 0 Å². The number of carbonyl (C=O) groups is 1. The minimum absolute atomic E-state index is 0.352. The maximum absolute atomic E-state index is 10.6. The molecule has 1 aliphatic rings. The van der Waals surface area contributed by atoms with Gasteiger partial charge >= 0.3 is 5.97 Å². The van der Waals surface area contributed by atoms with E-state index in [1.807, 2.05) is 20.8 Å². The van der Waals surface area contributed by atoms with Gasteiger partial charge in [-0.2, -0.15) is 0 Å². The standard InChI is InChI=1S/C8H14O3/c1-7(2,3)11-8(4-5-8)6(9)10/h4-5H2,1-3H3,(H,9,10). The molecule has 0 aliphatic heterocycles. The Morgan fingerprint density at radius 2 is 1.91 bits per heavy atom. The molecule has 0 heterocycles. The minimum Gasteiger partial charge on any atom is -0.479 e. The van der Waals surface area contributed by atoms with Crippen LogP contribution < -0.4 is 0 Å². The first-order chi connectivity index (χ1) is 4.86. The van der Waals surface area contributed by atoms with Gasteiger partial charge in [-0.25, -0.2) is 4.79 Å². The molecule has 0 unspecified atom stereocenters. The van der Waals surface area contributed by atoms with Crippen molar-refractivity contribution < 1.29 is 14.6 Å². The molecule has 1 fully saturated rings. The molecule has 1 N–H and O–H groups in total. The lowest BCUT2D eigenvalue weighted by molar-refractivity contribution is -0.164. The highest BCUT2D eigenvalue weighted by Crippen LogP contribution is 2.42. The fraction of sp³-hybridized carbons (Fsp3) is 0.875. The largest absolute Gasteiger partial charge is 0.479 e. The van der Waals surface area contributed by atoms with E-state index < -0.39 is 11.6 Å². The number of ether oxygens (including phenoxy) is 1. The van der Waals surface area contributed by atoms with E-state index in [0.717, 1.165) is 0 Å². The summed E-state index contributed by atoms with van der Waals surface area (Å²) in [4.78, 5) is 10.6. The maximum Gasteiger partial charge on any atom is 0.335 e. The van der Waals surface area contributed by atoms with Gasteiger partial charge in [-0.15, -0.1) is 0 Å². The van der Waals surface area contributed by atoms with Gasteiger partial charge < -0.3 is 9.84 Å². The third kappa shape index (κ3) is 1.93. The van der Waals surface area contributed by atoms with E-state index in [1.165, 1.54) is 0 Å². The van der Waals surface area contributed by atoms with Crippen molar-refractivity contribution in [3.63, 3.8) is 0 Å². The normalized spacial score (nSPS) is 21.4. The molecule has 3 heteroatoms. The van der Waals surface area contributed by atoms with Crippen molar-refractivity contribution in [2.45, 2.75) is 44.8 Å². The first-order valence-corrected chi connectivity index (χ1v) is 3.79. The van der Waals surface area contributed by atoms with E-state index in [9.17, 15) is 4.79 Å². The summed E-state index contributed by atoms with van der Waals surface area (Å²) in [6, 6.07) is 0. The van der Waals surface area contributed by atoms with Gasteiger partial charge in [0.1, 0.15) is 0 Å². The molecular weight excluding hydrogens is 144 g/mol. The van der Waals surface area contributed by atoms with Crippen LogP contribution in [0.3, 0.4) is 0 Å². The zero-order chi connectivity index (χ0) is 8.70. The predicted octanol–water partition coefficient (Wildman–Crippen LogP) is 1.42. The monoisotopic (exact) mass is 158 g/mol. The van der Waals surface area contributed by atoms with Crippen molar-refractivity contribution in [1.29, 1.82) is 0 Å². The second kappa shape index (κ2) is 2.21. The third-order valence-corrected chi connectivity index (χ3v) is 1.60. The average Bonchev–Trinajstić information content (AvgIpc) is 2.43. The molecule has 1 saturated carbocycles. The van der Waals surface area contributed by atoms with Crippen molar-refractivity contribution in [3.05, 3.63) is 0 Å². The molecule has 1 rings (SSSR count). The summed E-state index contributed by atoms with van der Waals surface area (Å²) < 4.78 is 5.40. The first kappa shape index (κ1) is 8.53. The highest BCUT2D eigenvalue weighted by atomic mass is 16.6. The molecule has 1 aliphatic carbocycles. The summed E-state index contributed by atoms with van der Waals surface area (Å²) in [5.74, 6) is -0.826. The summed E-state index contributed by atoms with van der Waals surface area (Å²) in [7, 11) is 0. The van der Waals surface area contributed by atoms with Gasteiger partial charge in [0.25, 0.3) is 0 Å². The molecule has 0 spiro atoms. The number of carboxylic acid groups (broad SMARTS) is 1. The van der Waals surface area contributed by atoms with Crippen LogP contribution in [0.25, 0.3) is 0 Å². The molecule has 64 valence electrons. The number of aliphatic carboxylic acids is 1. The van der Waals surface area contributed by atoms with E-state index in [2.05, 4.69) is 0 Å². The average molecular weight is 158 g/mol. The smallest absolute Gasteiger partial charge is 0.335 e. The van der Waals surface area contributed by atoms with Crippen LogP contribution >= 0.6 is 0 Å². The zero-order valence-corrected chi connectivity index (χ0v) is 7.18. The second-order valence-electron chi connectivity index (χ2n) is 4.01. The number of hydrogen-bond donors (Lipinski definition) is 1. The zero-order valence-electron chi connectivity index (χ0n) is 7.18. The summed E-state index contributed by atoms with van der Waals surface area (Å²) in [6.07, 6.45) is 1.30. The van der Waals surface area contributed by atoms with E-state index in [-0.39, 0.29) is 5.60 Å². The SMILES string of the molecule is CC(C)(C)OC1(C(=O)O)CC1. The molecule has 0 aromatic carbocycles. The van der Waals surface area contributed by atoms with E-state index >= 15 is 0 Å². The fourth-order valence-corrected chi connectivity index (χ4v) is 1.06. The minimum atomic E-state index is -0.849. The predicted molar refractivity (Wildman–Crippen MR) is 40.4 cm³/mol.